The molecule has 6 nitrogen and oxygen atoms in total. The van der Waals surface area contributed by atoms with E-state index < -0.39 is 10.0 Å². The van der Waals surface area contributed by atoms with Gasteiger partial charge >= 0.3 is 0 Å². The Bertz CT molecular complexity index is 1030. The van der Waals surface area contributed by atoms with Crippen molar-refractivity contribution >= 4 is 21.0 Å². The van der Waals surface area contributed by atoms with E-state index in [0.717, 1.165) is 40.8 Å². The molecule has 0 saturated carbocycles. The number of nitrogens with zero attached hydrogens (tertiary/aromatic N) is 3. The van der Waals surface area contributed by atoms with E-state index in [2.05, 4.69) is 22.0 Å². The molecule has 0 spiro atoms. The Morgan fingerprint density at radius 3 is 2.74 bits per heavy atom. The fraction of sp³-hybridized carbons (Fsp3) is 0.350. The Balaban J connectivity index is 1.50. The number of sulfonamides is 1. The fourth-order valence-electron chi connectivity index (χ4n) is 3.55. The summed E-state index contributed by atoms with van der Waals surface area (Å²) in [6.45, 7) is 3.39. The SMILES string of the molecule is CS(=O)(=O)N1CCCN(Cc2cc3cc(-c4cccnc4)ccc3o2)CC1. The molecule has 7 heteroatoms. The molecule has 0 bridgehead atoms. The molecule has 0 amide bonds. The minimum Gasteiger partial charge on any atom is -0.460 e. The highest BCUT2D eigenvalue weighted by Crippen LogP contribution is 2.27. The number of pyridine rings is 1. The van der Waals surface area contributed by atoms with Crippen molar-refractivity contribution in [2.24, 2.45) is 0 Å². The van der Waals surface area contributed by atoms with Gasteiger partial charge < -0.3 is 4.42 Å². The Hall–Kier alpha value is -2.22. The first-order valence-corrected chi connectivity index (χ1v) is 10.9. The van der Waals surface area contributed by atoms with E-state index in [-0.39, 0.29) is 0 Å². The van der Waals surface area contributed by atoms with Crippen LogP contribution in [0, 0.1) is 0 Å². The molecule has 0 aliphatic carbocycles. The van der Waals surface area contributed by atoms with E-state index in [0.29, 0.717) is 26.2 Å². The number of benzene rings is 1. The highest BCUT2D eigenvalue weighted by molar-refractivity contribution is 7.88. The Morgan fingerprint density at radius 2 is 1.96 bits per heavy atom. The Morgan fingerprint density at radius 1 is 1.07 bits per heavy atom. The monoisotopic (exact) mass is 385 g/mol. The van der Waals surface area contributed by atoms with Gasteiger partial charge in [0, 0.05) is 43.0 Å². The van der Waals surface area contributed by atoms with Gasteiger partial charge in [-0.05, 0) is 42.8 Å². The van der Waals surface area contributed by atoms with Crippen LogP contribution in [0.5, 0.6) is 0 Å². The van der Waals surface area contributed by atoms with Gasteiger partial charge in [0.05, 0.1) is 12.8 Å². The molecule has 1 saturated heterocycles. The van der Waals surface area contributed by atoms with Crippen LogP contribution in [0.1, 0.15) is 12.2 Å². The van der Waals surface area contributed by atoms with Crippen molar-refractivity contribution in [1.29, 1.82) is 0 Å². The average molecular weight is 385 g/mol. The summed E-state index contributed by atoms with van der Waals surface area (Å²) in [5, 5.41) is 1.07. The van der Waals surface area contributed by atoms with Crippen LogP contribution in [-0.2, 0) is 16.6 Å². The number of furan rings is 1. The van der Waals surface area contributed by atoms with Gasteiger partial charge in [-0.15, -0.1) is 0 Å². The third kappa shape index (κ3) is 4.21. The van der Waals surface area contributed by atoms with E-state index in [1.54, 1.807) is 10.5 Å². The number of aromatic nitrogens is 1. The van der Waals surface area contributed by atoms with Gasteiger partial charge in [0.25, 0.3) is 0 Å². The third-order valence-electron chi connectivity index (χ3n) is 4.96. The second kappa shape index (κ2) is 7.42. The smallest absolute Gasteiger partial charge is 0.211 e. The first kappa shape index (κ1) is 18.2. The molecule has 1 aliphatic heterocycles. The van der Waals surface area contributed by atoms with E-state index in [1.165, 1.54) is 6.26 Å². The average Bonchev–Trinajstić information content (AvgIpc) is 2.89. The minimum atomic E-state index is -3.12. The van der Waals surface area contributed by atoms with Gasteiger partial charge in [-0.3, -0.25) is 9.88 Å². The standard InChI is InChI=1S/C20H23N3O3S/c1-27(24,25)23-9-3-8-22(10-11-23)15-19-13-18-12-16(5-6-20(18)26-19)17-4-2-7-21-14-17/h2,4-7,12-14H,3,8-11,15H2,1H3. The highest BCUT2D eigenvalue weighted by Gasteiger charge is 2.22. The van der Waals surface area contributed by atoms with Crippen LogP contribution in [-0.4, -0.2) is 55.0 Å². The lowest BCUT2D eigenvalue weighted by Gasteiger charge is -2.19. The van der Waals surface area contributed by atoms with Crippen LogP contribution in [0.15, 0.2) is 53.2 Å². The molecule has 1 aromatic carbocycles. The van der Waals surface area contributed by atoms with Crippen molar-refractivity contribution in [3.63, 3.8) is 0 Å². The van der Waals surface area contributed by atoms with Crippen molar-refractivity contribution < 1.29 is 12.8 Å². The van der Waals surface area contributed by atoms with Gasteiger partial charge in [0.2, 0.25) is 10.0 Å². The van der Waals surface area contributed by atoms with Crippen molar-refractivity contribution in [2.45, 2.75) is 13.0 Å². The molecular formula is C20H23N3O3S. The summed E-state index contributed by atoms with van der Waals surface area (Å²) in [6.07, 6.45) is 5.73. The zero-order valence-corrected chi connectivity index (χ0v) is 16.2. The molecule has 1 fully saturated rings. The zero-order chi connectivity index (χ0) is 18.9. The van der Waals surface area contributed by atoms with Crippen molar-refractivity contribution in [3.05, 3.63) is 54.6 Å². The number of hydrogen-bond acceptors (Lipinski definition) is 5. The summed E-state index contributed by atoms with van der Waals surface area (Å²) < 4.78 is 31.1. The van der Waals surface area contributed by atoms with Crippen molar-refractivity contribution in [3.8, 4) is 11.1 Å². The number of fused-ring (bicyclic) bond motifs is 1. The van der Waals surface area contributed by atoms with E-state index >= 15 is 0 Å². The van der Waals surface area contributed by atoms with Gasteiger partial charge in [-0.1, -0.05) is 12.1 Å². The molecule has 0 N–H and O–H groups in total. The number of hydrogen-bond donors (Lipinski definition) is 0. The normalized spacial score (nSPS) is 17.2. The summed E-state index contributed by atoms with van der Waals surface area (Å²) in [6, 6.07) is 12.2. The lowest BCUT2D eigenvalue weighted by atomic mass is 10.1. The lowest BCUT2D eigenvalue weighted by molar-refractivity contribution is 0.258. The lowest BCUT2D eigenvalue weighted by Crippen LogP contribution is -2.34. The molecular weight excluding hydrogens is 362 g/mol. The van der Waals surface area contributed by atoms with Gasteiger partial charge in [-0.25, -0.2) is 12.7 Å². The molecule has 0 radical (unpaired) electrons. The maximum Gasteiger partial charge on any atom is 0.211 e. The van der Waals surface area contributed by atoms with Crippen LogP contribution < -0.4 is 0 Å². The largest absolute Gasteiger partial charge is 0.460 e. The molecule has 2 aromatic heterocycles. The first-order valence-electron chi connectivity index (χ1n) is 9.09. The fourth-order valence-corrected chi connectivity index (χ4v) is 4.42. The summed E-state index contributed by atoms with van der Waals surface area (Å²) in [5.74, 6) is 0.904. The van der Waals surface area contributed by atoms with E-state index in [1.807, 2.05) is 30.5 Å². The quantitative estimate of drug-likeness (QED) is 0.691. The van der Waals surface area contributed by atoms with Crippen LogP contribution in [0.4, 0.5) is 0 Å². The summed E-state index contributed by atoms with van der Waals surface area (Å²) in [5.41, 5.74) is 3.06. The second-order valence-corrected chi connectivity index (χ2v) is 8.98. The molecule has 4 rings (SSSR count). The molecule has 142 valence electrons. The van der Waals surface area contributed by atoms with Gasteiger partial charge in [-0.2, -0.15) is 0 Å². The van der Waals surface area contributed by atoms with Crippen molar-refractivity contribution in [1.82, 2.24) is 14.2 Å². The van der Waals surface area contributed by atoms with Crippen LogP contribution in [0.2, 0.25) is 0 Å². The topological polar surface area (TPSA) is 66.7 Å². The Kier molecular flexibility index (Phi) is 4.99. The predicted octanol–water partition coefficient (Wildman–Crippen LogP) is 2.96. The predicted molar refractivity (Wildman–Crippen MR) is 106 cm³/mol. The maximum absolute atomic E-state index is 11.8. The van der Waals surface area contributed by atoms with E-state index in [9.17, 15) is 8.42 Å². The molecule has 0 atom stereocenters. The Labute approximate surface area is 159 Å². The molecule has 3 heterocycles. The molecule has 27 heavy (non-hydrogen) atoms. The van der Waals surface area contributed by atoms with Crippen LogP contribution in [0.3, 0.4) is 0 Å². The highest BCUT2D eigenvalue weighted by atomic mass is 32.2. The first-order chi connectivity index (χ1) is 13.0. The molecule has 1 aliphatic rings. The van der Waals surface area contributed by atoms with Gasteiger partial charge in [0.1, 0.15) is 11.3 Å². The maximum atomic E-state index is 11.8. The number of rotatable bonds is 4. The second-order valence-electron chi connectivity index (χ2n) is 7.00. The minimum absolute atomic E-state index is 0.532. The van der Waals surface area contributed by atoms with Crippen molar-refractivity contribution in [2.75, 3.05) is 32.4 Å². The summed E-state index contributed by atoms with van der Waals surface area (Å²) in [7, 11) is -3.12. The van der Waals surface area contributed by atoms with Crippen LogP contribution >= 0.6 is 0 Å². The molecule has 0 unspecified atom stereocenters. The molecule has 3 aromatic rings. The van der Waals surface area contributed by atoms with Crippen LogP contribution in [0.25, 0.3) is 22.1 Å². The third-order valence-corrected chi connectivity index (χ3v) is 6.26. The van der Waals surface area contributed by atoms with E-state index in [4.69, 9.17) is 4.42 Å². The summed E-state index contributed by atoms with van der Waals surface area (Å²) in [4.78, 5) is 6.43. The summed E-state index contributed by atoms with van der Waals surface area (Å²) >= 11 is 0. The van der Waals surface area contributed by atoms with Gasteiger partial charge in [0.15, 0.2) is 0 Å². The zero-order valence-electron chi connectivity index (χ0n) is 15.3.